The molecule has 22 heavy (non-hydrogen) atoms. The molecule has 6 nitrogen and oxygen atoms in total. The van der Waals surface area contributed by atoms with Crippen LogP contribution in [0.4, 0.5) is 4.79 Å². The van der Waals surface area contributed by atoms with Crippen LogP contribution < -0.4 is 5.32 Å². The highest BCUT2D eigenvalue weighted by molar-refractivity contribution is 5.78. The third-order valence-electron chi connectivity index (χ3n) is 4.18. The van der Waals surface area contributed by atoms with Gasteiger partial charge in [0.1, 0.15) is 0 Å². The Morgan fingerprint density at radius 2 is 1.82 bits per heavy atom. The minimum atomic E-state index is -0.829. The number of aliphatic carboxylic acids is 1. The van der Waals surface area contributed by atoms with E-state index in [0.717, 1.165) is 19.4 Å². The zero-order valence-electron chi connectivity index (χ0n) is 14.5. The van der Waals surface area contributed by atoms with Gasteiger partial charge in [0.2, 0.25) is 0 Å². The van der Waals surface area contributed by atoms with Crippen LogP contribution in [0.25, 0.3) is 0 Å². The Hall–Kier alpha value is -1.30. The Kier molecular flexibility index (Phi) is 7.13. The summed E-state index contributed by atoms with van der Waals surface area (Å²) < 4.78 is 0. The summed E-state index contributed by atoms with van der Waals surface area (Å²) in [5.41, 5.74) is 0. The summed E-state index contributed by atoms with van der Waals surface area (Å²) in [7, 11) is 0. The number of rotatable bonds is 7. The van der Waals surface area contributed by atoms with Gasteiger partial charge in [-0.1, -0.05) is 13.3 Å². The van der Waals surface area contributed by atoms with E-state index < -0.39 is 11.9 Å². The molecule has 2 N–H and O–H groups in total. The zero-order valence-corrected chi connectivity index (χ0v) is 14.5. The van der Waals surface area contributed by atoms with Crippen molar-refractivity contribution in [3.63, 3.8) is 0 Å². The van der Waals surface area contributed by atoms with Crippen molar-refractivity contribution in [1.29, 1.82) is 0 Å². The second kappa shape index (κ2) is 8.36. The van der Waals surface area contributed by atoms with Crippen molar-refractivity contribution in [2.24, 2.45) is 5.92 Å². The van der Waals surface area contributed by atoms with Crippen LogP contribution >= 0.6 is 0 Å². The number of urea groups is 1. The second-order valence-corrected chi connectivity index (χ2v) is 6.64. The van der Waals surface area contributed by atoms with E-state index in [1.54, 1.807) is 4.90 Å². The highest BCUT2D eigenvalue weighted by atomic mass is 16.4. The van der Waals surface area contributed by atoms with Gasteiger partial charge in [0.25, 0.3) is 0 Å². The fourth-order valence-corrected chi connectivity index (χ4v) is 3.08. The summed E-state index contributed by atoms with van der Waals surface area (Å²) in [5, 5.41) is 12.7. The first-order valence-electron chi connectivity index (χ1n) is 8.33. The average molecular weight is 313 g/mol. The van der Waals surface area contributed by atoms with Gasteiger partial charge in [-0.2, -0.15) is 0 Å². The average Bonchev–Trinajstić information content (AvgIpc) is 2.82. The smallest absolute Gasteiger partial charge is 0.320 e. The van der Waals surface area contributed by atoms with Crippen LogP contribution in [0.5, 0.6) is 0 Å². The third kappa shape index (κ3) is 4.60. The molecular weight excluding hydrogens is 282 g/mol. The van der Waals surface area contributed by atoms with E-state index in [2.05, 4.69) is 12.2 Å². The van der Waals surface area contributed by atoms with E-state index in [1.165, 1.54) is 0 Å². The van der Waals surface area contributed by atoms with Crippen molar-refractivity contribution in [3.8, 4) is 0 Å². The van der Waals surface area contributed by atoms with Crippen molar-refractivity contribution in [3.05, 3.63) is 0 Å². The number of carbonyl (C=O) groups is 2. The topological polar surface area (TPSA) is 72.9 Å². The summed E-state index contributed by atoms with van der Waals surface area (Å²) in [6.07, 6.45) is 2.08. The lowest BCUT2D eigenvalue weighted by molar-refractivity contribution is -0.141. The highest BCUT2D eigenvalue weighted by Crippen LogP contribution is 2.21. The molecule has 0 aromatic carbocycles. The van der Waals surface area contributed by atoms with E-state index in [0.29, 0.717) is 6.54 Å². The number of nitrogens with one attached hydrogen (secondary N) is 1. The lowest BCUT2D eigenvalue weighted by atomic mass is 10.0. The Morgan fingerprint density at radius 1 is 1.23 bits per heavy atom. The lowest BCUT2D eigenvalue weighted by Crippen LogP contribution is -2.49. The van der Waals surface area contributed by atoms with Gasteiger partial charge in [0.15, 0.2) is 0 Å². The normalized spacial score (nSPS) is 21.7. The molecule has 0 radical (unpaired) electrons. The predicted octanol–water partition coefficient (Wildman–Crippen LogP) is 2.00. The highest BCUT2D eigenvalue weighted by Gasteiger charge is 2.41. The number of hydrogen-bond acceptors (Lipinski definition) is 3. The quantitative estimate of drug-likeness (QED) is 0.705. The molecule has 0 saturated carbocycles. The van der Waals surface area contributed by atoms with Crippen molar-refractivity contribution in [2.75, 3.05) is 19.6 Å². The molecule has 2 amide bonds. The van der Waals surface area contributed by atoms with Gasteiger partial charge in [-0.25, -0.2) is 4.79 Å². The van der Waals surface area contributed by atoms with Crippen LogP contribution in [-0.4, -0.2) is 64.7 Å². The summed E-state index contributed by atoms with van der Waals surface area (Å²) >= 11 is 0. The number of carbonyl (C=O) groups excluding carboxylic acids is 1. The molecular formula is C16H31N3O3. The first kappa shape index (κ1) is 18.7. The van der Waals surface area contributed by atoms with E-state index in [-0.39, 0.29) is 30.7 Å². The minimum Gasteiger partial charge on any atom is -0.481 e. The SMILES string of the molecule is CCCCN[C@@H]1CN(C(=O)N(C(C)C)C(C)C)C[C@@H]1C(=O)O. The molecule has 0 bridgehead atoms. The molecule has 128 valence electrons. The fraction of sp³-hybridized carbons (Fsp3) is 0.875. The van der Waals surface area contributed by atoms with E-state index in [4.69, 9.17) is 0 Å². The fourth-order valence-electron chi connectivity index (χ4n) is 3.08. The Bertz CT molecular complexity index is 377. The first-order valence-corrected chi connectivity index (χ1v) is 8.33. The van der Waals surface area contributed by atoms with Crippen LogP contribution in [0.1, 0.15) is 47.5 Å². The number of likely N-dealkylation sites (tertiary alicyclic amines) is 1. The maximum atomic E-state index is 12.7. The van der Waals surface area contributed by atoms with E-state index in [9.17, 15) is 14.7 Å². The van der Waals surface area contributed by atoms with Gasteiger partial charge in [0.05, 0.1) is 5.92 Å². The summed E-state index contributed by atoms with van der Waals surface area (Å²) in [6, 6.07) is -0.0176. The van der Waals surface area contributed by atoms with E-state index >= 15 is 0 Å². The molecule has 0 unspecified atom stereocenters. The van der Waals surface area contributed by atoms with Crippen LogP contribution in [0.2, 0.25) is 0 Å². The van der Waals surface area contributed by atoms with Crippen LogP contribution in [0.3, 0.4) is 0 Å². The molecule has 2 atom stereocenters. The third-order valence-corrected chi connectivity index (χ3v) is 4.18. The van der Waals surface area contributed by atoms with Gasteiger partial charge in [-0.05, 0) is 40.7 Å². The van der Waals surface area contributed by atoms with Crippen LogP contribution in [-0.2, 0) is 4.79 Å². The molecule has 1 aliphatic rings. The number of hydrogen-bond donors (Lipinski definition) is 2. The first-order chi connectivity index (χ1) is 10.3. The lowest BCUT2D eigenvalue weighted by Gasteiger charge is -2.34. The number of unbranched alkanes of at least 4 members (excludes halogenated alkanes) is 1. The Labute approximate surface area is 133 Å². The number of nitrogens with zero attached hydrogens (tertiary/aromatic N) is 2. The molecule has 1 aliphatic heterocycles. The van der Waals surface area contributed by atoms with Crippen molar-refractivity contribution in [1.82, 2.24) is 15.1 Å². The van der Waals surface area contributed by atoms with Crippen molar-refractivity contribution >= 4 is 12.0 Å². The molecule has 1 heterocycles. The second-order valence-electron chi connectivity index (χ2n) is 6.64. The molecule has 1 fully saturated rings. The molecule has 0 aliphatic carbocycles. The monoisotopic (exact) mass is 313 g/mol. The number of carboxylic acid groups (broad SMARTS) is 1. The van der Waals surface area contributed by atoms with Gasteiger partial charge >= 0.3 is 12.0 Å². The largest absolute Gasteiger partial charge is 0.481 e. The number of amides is 2. The maximum Gasteiger partial charge on any atom is 0.320 e. The summed E-state index contributed by atoms with van der Waals surface area (Å²) in [4.78, 5) is 27.7. The zero-order chi connectivity index (χ0) is 16.9. The molecule has 1 rings (SSSR count). The Morgan fingerprint density at radius 3 is 2.27 bits per heavy atom. The van der Waals surface area contributed by atoms with Gasteiger partial charge in [0, 0.05) is 31.2 Å². The predicted molar refractivity (Wildman–Crippen MR) is 86.9 cm³/mol. The molecule has 0 aromatic rings. The molecule has 0 spiro atoms. The standard InChI is InChI=1S/C16H31N3O3/c1-6-7-8-17-14-10-18(9-13(14)15(20)21)16(22)19(11(2)3)12(4)5/h11-14,17H,6-10H2,1-5H3,(H,20,21)/t13-,14+/m0/s1. The summed E-state index contributed by atoms with van der Waals surface area (Å²) in [6.45, 7) is 11.6. The van der Waals surface area contributed by atoms with Crippen LogP contribution in [0, 0.1) is 5.92 Å². The molecule has 6 heteroatoms. The maximum absolute atomic E-state index is 12.7. The van der Waals surface area contributed by atoms with Crippen molar-refractivity contribution in [2.45, 2.75) is 65.6 Å². The van der Waals surface area contributed by atoms with Gasteiger partial charge < -0.3 is 20.2 Å². The molecule has 1 saturated heterocycles. The van der Waals surface area contributed by atoms with Gasteiger partial charge in [-0.15, -0.1) is 0 Å². The van der Waals surface area contributed by atoms with Crippen molar-refractivity contribution < 1.29 is 14.7 Å². The summed E-state index contributed by atoms with van der Waals surface area (Å²) in [5.74, 6) is -1.35. The minimum absolute atomic E-state index is 0.0592. The van der Waals surface area contributed by atoms with Gasteiger partial charge in [-0.3, -0.25) is 4.79 Å². The molecule has 0 aromatic heterocycles. The Balaban J connectivity index is 2.76. The van der Waals surface area contributed by atoms with E-state index in [1.807, 2.05) is 32.6 Å². The number of carboxylic acids is 1. The van der Waals surface area contributed by atoms with Crippen LogP contribution in [0.15, 0.2) is 0 Å².